The molecule has 0 unspecified atom stereocenters. The van der Waals surface area contributed by atoms with E-state index in [2.05, 4.69) is 32.9 Å². The van der Waals surface area contributed by atoms with Crippen LogP contribution in [-0.4, -0.2) is 11.5 Å². The van der Waals surface area contributed by atoms with Gasteiger partial charge in [0.05, 0.1) is 9.77 Å². The summed E-state index contributed by atoms with van der Waals surface area (Å²) in [7, 11) is 0. The first kappa shape index (κ1) is 10.1. The number of rotatable bonds is 4. The van der Waals surface area contributed by atoms with Gasteiger partial charge < -0.3 is 5.32 Å². The summed E-state index contributed by atoms with van der Waals surface area (Å²) in [5.74, 6) is 1.44. The van der Waals surface area contributed by atoms with Gasteiger partial charge in [0, 0.05) is 6.54 Å². The number of nitrogens with zero attached hydrogens (tertiary/aromatic N) is 1. The van der Waals surface area contributed by atoms with Crippen molar-refractivity contribution in [1.29, 1.82) is 0 Å². The molecule has 1 saturated carbocycles. The second kappa shape index (κ2) is 4.42. The van der Waals surface area contributed by atoms with Crippen LogP contribution in [0.25, 0.3) is 0 Å². The van der Waals surface area contributed by atoms with E-state index in [1.807, 2.05) is 0 Å². The molecule has 0 amide bonds. The highest BCUT2D eigenvalue weighted by molar-refractivity contribution is 14.1. The lowest BCUT2D eigenvalue weighted by atomic mass is 10.3. The summed E-state index contributed by atoms with van der Waals surface area (Å²) < 4.78 is 13.6. The number of nitrogens with one attached hydrogen (secondary N) is 1. The molecule has 0 spiro atoms. The lowest BCUT2D eigenvalue weighted by Gasteiger charge is -2.06. The summed E-state index contributed by atoms with van der Waals surface area (Å²) in [5.41, 5.74) is 0. The monoisotopic (exact) mass is 306 g/mol. The Hall–Kier alpha value is -0.390. The molecule has 0 aromatic carbocycles. The van der Waals surface area contributed by atoms with E-state index in [1.54, 1.807) is 0 Å². The molecule has 76 valence electrons. The van der Waals surface area contributed by atoms with Crippen molar-refractivity contribution in [3.63, 3.8) is 0 Å². The Kier molecular flexibility index (Phi) is 3.20. The Balaban J connectivity index is 1.87. The maximum Gasteiger partial charge on any atom is 0.142 e. The normalized spacial score (nSPS) is 15.6. The van der Waals surface area contributed by atoms with Crippen LogP contribution >= 0.6 is 22.6 Å². The highest BCUT2D eigenvalue weighted by Crippen LogP contribution is 2.32. The minimum Gasteiger partial charge on any atom is -0.369 e. The average Bonchev–Trinajstić information content (AvgIpc) is 2.92. The molecule has 0 radical (unpaired) electrons. The first-order valence-electron chi connectivity index (χ1n) is 4.80. The number of hydrogen-bond donors (Lipinski definition) is 1. The van der Waals surface area contributed by atoms with Crippen LogP contribution in [0.3, 0.4) is 0 Å². The van der Waals surface area contributed by atoms with Gasteiger partial charge in [-0.3, -0.25) is 0 Å². The molecule has 1 aromatic heterocycles. The lowest BCUT2D eigenvalue weighted by Crippen LogP contribution is -2.05. The zero-order chi connectivity index (χ0) is 9.97. The van der Waals surface area contributed by atoms with Crippen LogP contribution in [0, 0.1) is 15.3 Å². The van der Waals surface area contributed by atoms with E-state index in [1.165, 1.54) is 31.5 Å². The fourth-order valence-electron chi connectivity index (χ4n) is 1.35. The minimum absolute atomic E-state index is 0.276. The lowest BCUT2D eigenvalue weighted by molar-refractivity contribution is 0.620. The van der Waals surface area contributed by atoms with Gasteiger partial charge >= 0.3 is 0 Å². The van der Waals surface area contributed by atoms with Crippen LogP contribution in [0.1, 0.15) is 19.3 Å². The van der Waals surface area contributed by atoms with Gasteiger partial charge in [-0.15, -0.1) is 0 Å². The van der Waals surface area contributed by atoms with E-state index in [0.29, 0.717) is 0 Å². The van der Waals surface area contributed by atoms with Crippen molar-refractivity contribution in [3.8, 4) is 0 Å². The molecule has 4 heteroatoms. The van der Waals surface area contributed by atoms with Crippen LogP contribution in [0.5, 0.6) is 0 Å². The van der Waals surface area contributed by atoms with Crippen LogP contribution in [-0.2, 0) is 0 Å². The van der Waals surface area contributed by atoms with E-state index in [4.69, 9.17) is 0 Å². The highest BCUT2D eigenvalue weighted by Gasteiger charge is 2.20. The summed E-state index contributed by atoms with van der Waals surface area (Å²) >= 11 is 2.09. The molecule has 0 bridgehead atoms. The zero-order valence-electron chi connectivity index (χ0n) is 7.76. The van der Waals surface area contributed by atoms with E-state index in [-0.39, 0.29) is 5.82 Å². The average molecular weight is 306 g/mol. The summed E-state index contributed by atoms with van der Waals surface area (Å²) in [6, 6.07) is 1.49. The summed E-state index contributed by atoms with van der Waals surface area (Å²) in [6.07, 6.45) is 5.20. The SMILES string of the molecule is Fc1cnc(NCCC2CC2)c(I)c1. The number of anilines is 1. The largest absolute Gasteiger partial charge is 0.369 e. The number of halogens is 2. The predicted molar refractivity (Wildman–Crippen MR) is 62.7 cm³/mol. The number of aromatic nitrogens is 1. The predicted octanol–water partition coefficient (Wildman–Crippen LogP) is 3.04. The highest BCUT2D eigenvalue weighted by atomic mass is 127. The molecule has 1 N–H and O–H groups in total. The van der Waals surface area contributed by atoms with Gasteiger partial charge in [-0.25, -0.2) is 9.37 Å². The number of hydrogen-bond acceptors (Lipinski definition) is 2. The molecule has 1 aliphatic carbocycles. The maximum atomic E-state index is 12.7. The van der Waals surface area contributed by atoms with Gasteiger partial charge in [-0.2, -0.15) is 0 Å². The van der Waals surface area contributed by atoms with E-state index >= 15 is 0 Å². The molecule has 14 heavy (non-hydrogen) atoms. The Morgan fingerprint density at radius 3 is 3.00 bits per heavy atom. The standard InChI is InChI=1S/C10H12FIN2/c11-8-5-9(12)10(14-6-8)13-4-3-7-1-2-7/h5-7H,1-4H2,(H,13,14). The fourth-order valence-corrected chi connectivity index (χ4v) is 1.97. The molecule has 1 aromatic rings. The van der Waals surface area contributed by atoms with Gasteiger partial charge in [0.15, 0.2) is 0 Å². The molecule has 2 nitrogen and oxygen atoms in total. The Morgan fingerprint density at radius 2 is 2.36 bits per heavy atom. The summed E-state index contributed by atoms with van der Waals surface area (Å²) in [5, 5.41) is 3.23. The third-order valence-corrected chi connectivity index (χ3v) is 3.17. The molecular formula is C10H12FIN2. The van der Waals surface area contributed by atoms with Crippen molar-refractivity contribution in [2.24, 2.45) is 5.92 Å². The third-order valence-electron chi connectivity index (χ3n) is 2.35. The van der Waals surface area contributed by atoms with Crippen LogP contribution < -0.4 is 5.32 Å². The Bertz CT molecular complexity index is 326. The van der Waals surface area contributed by atoms with Gasteiger partial charge in [-0.1, -0.05) is 12.8 Å². The Morgan fingerprint density at radius 1 is 1.57 bits per heavy atom. The van der Waals surface area contributed by atoms with Gasteiger partial charge in [0.2, 0.25) is 0 Å². The smallest absolute Gasteiger partial charge is 0.142 e. The van der Waals surface area contributed by atoms with Crippen molar-refractivity contribution < 1.29 is 4.39 Å². The van der Waals surface area contributed by atoms with Crippen LogP contribution in [0.2, 0.25) is 0 Å². The van der Waals surface area contributed by atoms with Gasteiger partial charge in [0.25, 0.3) is 0 Å². The Labute approximate surface area is 96.4 Å². The second-order valence-electron chi connectivity index (χ2n) is 3.64. The molecule has 1 heterocycles. The van der Waals surface area contributed by atoms with E-state index in [9.17, 15) is 4.39 Å². The fraction of sp³-hybridized carbons (Fsp3) is 0.500. The van der Waals surface area contributed by atoms with E-state index in [0.717, 1.165) is 21.9 Å². The van der Waals surface area contributed by atoms with Crippen molar-refractivity contribution >= 4 is 28.4 Å². The van der Waals surface area contributed by atoms with Gasteiger partial charge in [0.1, 0.15) is 11.6 Å². The quantitative estimate of drug-likeness (QED) is 0.865. The van der Waals surface area contributed by atoms with Gasteiger partial charge in [-0.05, 0) is 41.0 Å². The van der Waals surface area contributed by atoms with Crippen molar-refractivity contribution in [3.05, 3.63) is 21.7 Å². The van der Waals surface area contributed by atoms with E-state index < -0.39 is 0 Å². The molecule has 0 saturated heterocycles. The second-order valence-corrected chi connectivity index (χ2v) is 4.80. The van der Waals surface area contributed by atoms with Crippen molar-refractivity contribution in [2.45, 2.75) is 19.3 Å². The first-order chi connectivity index (χ1) is 6.75. The molecular weight excluding hydrogens is 294 g/mol. The first-order valence-corrected chi connectivity index (χ1v) is 5.88. The third kappa shape index (κ3) is 2.80. The van der Waals surface area contributed by atoms with Crippen molar-refractivity contribution in [2.75, 3.05) is 11.9 Å². The minimum atomic E-state index is -0.276. The van der Waals surface area contributed by atoms with Crippen LogP contribution in [0.15, 0.2) is 12.3 Å². The summed E-state index contributed by atoms with van der Waals surface area (Å²) in [6.45, 7) is 0.944. The van der Waals surface area contributed by atoms with Crippen molar-refractivity contribution in [1.82, 2.24) is 4.98 Å². The number of pyridine rings is 1. The molecule has 0 aliphatic heterocycles. The van der Waals surface area contributed by atoms with Crippen LogP contribution in [0.4, 0.5) is 10.2 Å². The molecule has 0 atom stereocenters. The molecule has 1 aliphatic rings. The molecule has 2 rings (SSSR count). The summed E-state index contributed by atoms with van der Waals surface area (Å²) in [4.78, 5) is 4.00. The maximum absolute atomic E-state index is 12.7. The molecule has 1 fully saturated rings. The zero-order valence-corrected chi connectivity index (χ0v) is 9.92. The topological polar surface area (TPSA) is 24.9 Å².